The fourth-order valence-electron chi connectivity index (χ4n) is 1.90. The monoisotopic (exact) mass is 188 g/mol. The summed E-state index contributed by atoms with van der Waals surface area (Å²) in [4.78, 5) is 0.0955. The van der Waals surface area contributed by atoms with Crippen molar-refractivity contribution >= 4 is 11.8 Å². The lowest BCUT2D eigenvalue weighted by atomic mass is 9.95. The first kappa shape index (κ1) is 10.4. The molecule has 1 nitrogen and oxygen atoms in total. The zero-order valence-corrected chi connectivity index (χ0v) is 9.41. The summed E-state index contributed by atoms with van der Waals surface area (Å²) in [5.74, 6) is 2.49. The third-order valence-corrected chi connectivity index (χ3v) is 4.56. The SMILES string of the molecule is CC(C)C1(C(C)C)OCCCS1. The lowest BCUT2D eigenvalue weighted by Crippen LogP contribution is -2.43. The summed E-state index contributed by atoms with van der Waals surface area (Å²) < 4.78 is 5.95. The summed E-state index contributed by atoms with van der Waals surface area (Å²) in [5.41, 5.74) is 0. The number of rotatable bonds is 2. The highest BCUT2D eigenvalue weighted by atomic mass is 32.2. The Morgan fingerprint density at radius 2 is 1.75 bits per heavy atom. The van der Waals surface area contributed by atoms with Crippen molar-refractivity contribution in [2.45, 2.75) is 39.0 Å². The predicted octanol–water partition coefficient (Wildman–Crippen LogP) is 3.15. The summed E-state index contributed by atoms with van der Waals surface area (Å²) in [6.45, 7) is 10.00. The van der Waals surface area contributed by atoms with E-state index in [1.54, 1.807) is 0 Å². The molecule has 1 rings (SSSR count). The first-order chi connectivity index (χ1) is 5.59. The molecule has 0 aliphatic carbocycles. The van der Waals surface area contributed by atoms with Crippen LogP contribution in [0.2, 0.25) is 0 Å². The molecule has 0 N–H and O–H groups in total. The summed E-state index contributed by atoms with van der Waals surface area (Å²) in [6.07, 6.45) is 1.21. The van der Waals surface area contributed by atoms with Gasteiger partial charge in [0.15, 0.2) is 0 Å². The molecule has 0 unspecified atom stereocenters. The quantitative estimate of drug-likeness (QED) is 0.658. The van der Waals surface area contributed by atoms with Gasteiger partial charge in [0.05, 0.1) is 0 Å². The van der Waals surface area contributed by atoms with Gasteiger partial charge in [-0.25, -0.2) is 0 Å². The van der Waals surface area contributed by atoms with Crippen molar-refractivity contribution in [3.8, 4) is 0 Å². The van der Waals surface area contributed by atoms with E-state index in [0.717, 1.165) is 6.61 Å². The molecule has 12 heavy (non-hydrogen) atoms. The zero-order chi connectivity index (χ0) is 9.19. The van der Waals surface area contributed by atoms with Crippen LogP contribution in [0.15, 0.2) is 0 Å². The van der Waals surface area contributed by atoms with Crippen LogP contribution in [0, 0.1) is 11.8 Å². The van der Waals surface area contributed by atoms with Crippen LogP contribution in [0.25, 0.3) is 0 Å². The Hall–Kier alpha value is 0.310. The summed E-state index contributed by atoms with van der Waals surface area (Å²) >= 11 is 2.00. The summed E-state index contributed by atoms with van der Waals surface area (Å²) in [5, 5.41) is 0. The average Bonchev–Trinajstić information content (AvgIpc) is 2.05. The Labute approximate surface area is 80.3 Å². The molecule has 0 saturated carbocycles. The molecule has 2 heteroatoms. The Balaban J connectivity index is 2.70. The second-order valence-corrected chi connectivity index (χ2v) is 5.42. The molecule has 0 atom stereocenters. The van der Waals surface area contributed by atoms with Crippen LogP contribution < -0.4 is 0 Å². The van der Waals surface area contributed by atoms with E-state index >= 15 is 0 Å². The smallest absolute Gasteiger partial charge is 0.118 e. The molecule has 0 aromatic carbocycles. The highest BCUT2D eigenvalue weighted by Gasteiger charge is 2.40. The van der Waals surface area contributed by atoms with Crippen molar-refractivity contribution in [3.05, 3.63) is 0 Å². The molecule has 0 radical (unpaired) electrons. The van der Waals surface area contributed by atoms with Gasteiger partial charge in [-0.05, 0) is 24.0 Å². The van der Waals surface area contributed by atoms with Gasteiger partial charge in [0, 0.05) is 6.61 Å². The van der Waals surface area contributed by atoms with Crippen LogP contribution >= 0.6 is 11.8 Å². The highest BCUT2D eigenvalue weighted by molar-refractivity contribution is 8.00. The van der Waals surface area contributed by atoms with Crippen LogP contribution in [0.3, 0.4) is 0 Å². The van der Waals surface area contributed by atoms with E-state index in [-0.39, 0.29) is 4.93 Å². The van der Waals surface area contributed by atoms with E-state index in [9.17, 15) is 0 Å². The van der Waals surface area contributed by atoms with Gasteiger partial charge in [0.25, 0.3) is 0 Å². The van der Waals surface area contributed by atoms with E-state index in [1.165, 1.54) is 12.2 Å². The highest BCUT2D eigenvalue weighted by Crippen LogP contribution is 2.43. The van der Waals surface area contributed by atoms with Crippen molar-refractivity contribution in [2.75, 3.05) is 12.4 Å². The minimum atomic E-state index is 0.0955. The third-order valence-electron chi connectivity index (χ3n) is 2.55. The molecule has 1 fully saturated rings. The second kappa shape index (κ2) is 4.01. The van der Waals surface area contributed by atoms with E-state index in [4.69, 9.17) is 4.74 Å². The van der Waals surface area contributed by atoms with Gasteiger partial charge < -0.3 is 4.74 Å². The Morgan fingerprint density at radius 3 is 2.00 bits per heavy atom. The molecule has 1 saturated heterocycles. The summed E-state index contributed by atoms with van der Waals surface area (Å²) in [7, 11) is 0. The first-order valence-corrected chi connectivity index (χ1v) is 5.86. The second-order valence-electron chi connectivity index (χ2n) is 4.08. The van der Waals surface area contributed by atoms with Crippen LogP contribution in [-0.2, 0) is 4.74 Å². The van der Waals surface area contributed by atoms with Gasteiger partial charge in [-0.2, -0.15) is 0 Å². The fraction of sp³-hybridized carbons (Fsp3) is 1.00. The lowest BCUT2D eigenvalue weighted by Gasteiger charge is -2.43. The Morgan fingerprint density at radius 1 is 1.17 bits per heavy atom. The van der Waals surface area contributed by atoms with Crippen molar-refractivity contribution < 1.29 is 4.74 Å². The Bertz CT molecular complexity index is 127. The van der Waals surface area contributed by atoms with Crippen molar-refractivity contribution in [1.82, 2.24) is 0 Å². The zero-order valence-electron chi connectivity index (χ0n) is 8.59. The van der Waals surface area contributed by atoms with E-state index in [2.05, 4.69) is 27.7 Å². The van der Waals surface area contributed by atoms with Crippen LogP contribution in [0.4, 0.5) is 0 Å². The van der Waals surface area contributed by atoms with Gasteiger partial charge >= 0.3 is 0 Å². The molecule has 1 heterocycles. The van der Waals surface area contributed by atoms with Gasteiger partial charge in [0.2, 0.25) is 0 Å². The molecule has 0 amide bonds. The number of thioether (sulfide) groups is 1. The fourth-order valence-corrected chi connectivity index (χ4v) is 3.31. The molecule has 0 bridgehead atoms. The van der Waals surface area contributed by atoms with E-state index < -0.39 is 0 Å². The van der Waals surface area contributed by atoms with Crippen molar-refractivity contribution in [2.24, 2.45) is 11.8 Å². The van der Waals surface area contributed by atoms with Gasteiger partial charge in [0.1, 0.15) is 4.93 Å². The standard InChI is InChI=1S/C10H20OS/c1-8(2)10(9(3)4)11-6-5-7-12-10/h8-9H,5-7H2,1-4H3. The molecule has 0 spiro atoms. The maximum atomic E-state index is 5.95. The minimum absolute atomic E-state index is 0.0955. The molecule has 0 aromatic heterocycles. The normalized spacial score (nSPS) is 23.5. The number of hydrogen-bond donors (Lipinski definition) is 0. The molecule has 1 aliphatic rings. The molecular formula is C10H20OS. The predicted molar refractivity (Wildman–Crippen MR) is 55.4 cm³/mol. The maximum absolute atomic E-state index is 5.95. The van der Waals surface area contributed by atoms with E-state index in [1.807, 2.05) is 11.8 Å². The van der Waals surface area contributed by atoms with Crippen LogP contribution in [0.5, 0.6) is 0 Å². The van der Waals surface area contributed by atoms with Gasteiger partial charge in [-0.3, -0.25) is 0 Å². The average molecular weight is 188 g/mol. The molecule has 1 aliphatic heterocycles. The maximum Gasteiger partial charge on any atom is 0.118 e. The van der Waals surface area contributed by atoms with Crippen molar-refractivity contribution in [1.29, 1.82) is 0 Å². The van der Waals surface area contributed by atoms with Crippen LogP contribution in [-0.4, -0.2) is 17.3 Å². The topological polar surface area (TPSA) is 9.23 Å². The van der Waals surface area contributed by atoms with Crippen molar-refractivity contribution in [3.63, 3.8) is 0 Å². The molecular weight excluding hydrogens is 168 g/mol. The van der Waals surface area contributed by atoms with Gasteiger partial charge in [-0.15, -0.1) is 11.8 Å². The van der Waals surface area contributed by atoms with Crippen LogP contribution in [0.1, 0.15) is 34.1 Å². The van der Waals surface area contributed by atoms with Gasteiger partial charge in [-0.1, -0.05) is 27.7 Å². The Kier molecular flexibility index (Phi) is 3.47. The molecule has 72 valence electrons. The lowest BCUT2D eigenvalue weighted by molar-refractivity contribution is -0.0430. The third kappa shape index (κ3) is 1.80. The number of hydrogen-bond acceptors (Lipinski definition) is 2. The molecule has 0 aromatic rings. The largest absolute Gasteiger partial charge is 0.364 e. The summed E-state index contributed by atoms with van der Waals surface area (Å²) in [6, 6.07) is 0. The first-order valence-electron chi connectivity index (χ1n) is 4.87. The number of ether oxygens (including phenoxy) is 1. The minimum Gasteiger partial charge on any atom is -0.364 e. The van der Waals surface area contributed by atoms with E-state index in [0.29, 0.717) is 11.8 Å².